The van der Waals surface area contributed by atoms with E-state index in [9.17, 15) is 99.9 Å². The fraction of sp³-hybridized carbons (Fsp3) is 0.244. The minimum atomic E-state index is -2.81. The second-order valence-electron chi connectivity index (χ2n) is 14.9. The summed E-state index contributed by atoms with van der Waals surface area (Å²) in [4.78, 5) is 95.0. The molecule has 1 fully saturated rings. The summed E-state index contributed by atoms with van der Waals surface area (Å²) < 4.78 is 38.5. The van der Waals surface area contributed by atoms with Gasteiger partial charge in [-0.3, -0.25) is 9.59 Å². The first-order valence-electron chi connectivity index (χ1n) is 19.1. The molecule has 358 valence electrons. The van der Waals surface area contributed by atoms with Gasteiger partial charge in [0.15, 0.2) is 81.6 Å². The number of carboxylic acids is 1. The maximum absolute atomic E-state index is 14.5. The molecule has 8 atom stereocenters. The summed E-state index contributed by atoms with van der Waals surface area (Å²) in [6.07, 6.45) is -16.4. The zero-order chi connectivity index (χ0) is 49.8. The molecule has 7 rings (SSSR count). The highest BCUT2D eigenvalue weighted by atomic mass is 16.7. The average Bonchev–Trinajstić information content (AvgIpc) is 3.28. The zero-order valence-electron chi connectivity index (χ0n) is 33.6. The highest BCUT2D eigenvalue weighted by molar-refractivity contribution is 5.98. The predicted molar refractivity (Wildman–Crippen MR) is 207 cm³/mol. The number of hydrogen-bond acceptors (Lipinski definition) is 26. The van der Waals surface area contributed by atoms with E-state index in [1.54, 1.807) is 0 Å². The summed E-state index contributed by atoms with van der Waals surface area (Å²) in [6, 6.07) is 3.85. The molecular weight excluding hydrogens is 924 g/mol. The Labute approximate surface area is 375 Å². The van der Waals surface area contributed by atoms with Crippen molar-refractivity contribution in [3.05, 3.63) is 70.3 Å². The van der Waals surface area contributed by atoms with Crippen LogP contribution in [0.5, 0.6) is 69.0 Å². The fourth-order valence-electron chi connectivity index (χ4n) is 7.37. The molecule has 27 heteroatoms. The monoisotopic (exact) mass is 956 g/mol. The number of phenols is 11. The van der Waals surface area contributed by atoms with Crippen molar-refractivity contribution in [2.24, 2.45) is 5.92 Å². The van der Waals surface area contributed by atoms with E-state index in [-0.39, 0.29) is 0 Å². The van der Waals surface area contributed by atoms with Crippen LogP contribution in [0.3, 0.4) is 0 Å². The zero-order valence-corrected chi connectivity index (χ0v) is 33.6. The average molecular weight is 957 g/mol. The van der Waals surface area contributed by atoms with Gasteiger partial charge < -0.3 is 99.5 Å². The highest BCUT2D eigenvalue weighted by Gasteiger charge is 2.57. The van der Waals surface area contributed by atoms with Crippen LogP contribution in [0.15, 0.2) is 42.5 Å². The number of aliphatic hydroxyl groups excluding tert-OH is 1. The third-order valence-electron chi connectivity index (χ3n) is 10.6. The van der Waals surface area contributed by atoms with Crippen molar-refractivity contribution in [1.29, 1.82) is 0 Å². The summed E-state index contributed by atoms with van der Waals surface area (Å²) >= 11 is 0. The summed E-state index contributed by atoms with van der Waals surface area (Å²) in [5, 5.41) is 133. The number of rotatable bonds is 9. The quantitative estimate of drug-likeness (QED) is 0.0455. The van der Waals surface area contributed by atoms with Crippen molar-refractivity contribution < 1.29 is 133 Å². The highest BCUT2D eigenvalue weighted by Crippen LogP contribution is 2.52. The Hall–Kier alpha value is -9.11. The van der Waals surface area contributed by atoms with Gasteiger partial charge >= 0.3 is 41.8 Å². The number of phenolic OH excluding ortho intramolecular Hbond substituents is 11. The van der Waals surface area contributed by atoms with Gasteiger partial charge in [-0.25, -0.2) is 24.0 Å². The molecule has 0 saturated carbocycles. The van der Waals surface area contributed by atoms with Gasteiger partial charge in [-0.2, -0.15) is 0 Å². The number of esters is 6. The number of hydrogen-bond donors (Lipinski definition) is 13. The van der Waals surface area contributed by atoms with Crippen LogP contribution in [-0.2, 0) is 42.8 Å². The maximum atomic E-state index is 14.5. The first kappa shape index (κ1) is 46.9. The normalized spacial score (nSPS) is 23.0. The van der Waals surface area contributed by atoms with Crippen LogP contribution in [0, 0.1) is 5.92 Å². The first-order chi connectivity index (χ1) is 32.0. The number of aliphatic hydroxyl groups is 1. The molecule has 2 bridgehead atoms. The number of aliphatic carboxylic acids is 1. The molecule has 1 saturated heterocycles. The van der Waals surface area contributed by atoms with E-state index < -0.39 is 200 Å². The van der Waals surface area contributed by atoms with Gasteiger partial charge in [-0.05, 0) is 42.5 Å². The molecule has 3 aliphatic heterocycles. The van der Waals surface area contributed by atoms with E-state index in [1.807, 2.05) is 0 Å². The molecule has 4 aromatic carbocycles. The molecule has 27 nitrogen and oxygen atoms in total. The second-order valence-corrected chi connectivity index (χ2v) is 14.9. The van der Waals surface area contributed by atoms with Gasteiger partial charge in [0, 0.05) is 11.5 Å². The number of carbonyl (C=O) groups excluding carboxylic acids is 6. The third kappa shape index (κ3) is 8.58. The first-order valence-corrected chi connectivity index (χ1v) is 19.1. The standard InChI is InChI=1S/C41H32O27/c42-15-1-10(2-16(43)26(15)51)35(56)62-9-22-31-33(66-36(57)11-3-17(44)27(52)18(45)4-11)34(41(63-22)68-37(58)12-5-19(46)28(53)20(47)6-12)67-38(59)13-7-21(48)29(54)32-25(13)24(30(55)40(61)64-31)14(8-23(49)50)39(60)65-32/h1-7,14,22,24,30-31,33-34,41-48,51-55H,8-9H2,(H,49,50)/t14-,22?,24-,30-,31?,33?,34?,41?/m0/s1. The van der Waals surface area contributed by atoms with Crippen molar-refractivity contribution in [2.45, 2.75) is 49.1 Å². The van der Waals surface area contributed by atoms with Gasteiger partial charge in [0.1, 0.15) is 12.7 Å². The van der Waals surface area contributed by atoms with Gasteiger partial charge in [-0.1, -0.05) is 0 Å². The van der Waals surface area contributed by atoms with E-state index in [4.69, 9.17) is 33.2 Å². The smallest absolute Gasteiger partial charge is 0.340 e. The predicted octanol–water partition coefficient (Wildman–Crippen LogP) is 0.0179. The Morgan fingerprint density at radius 2 is 1.04 bits per heavy atom. The molecule has 0 spiro atoms. The SMILES string of the molecule is O=C(O)C[C@@H]1C(=O)Oc2c(O)c(O)cc3c2[C@H]1[C@H](O)C(=O)OC1C(COC(=O)c2cc(O)c(O)c(O)c2)OC(OC(=O)c2cc(O)c(O)c(O)c2)C(OC3=O)C1OC(=O)c1cc(O)c(O)c(O)c1. The second kappa shape index (κ2) is 17.7. The van der Waals surface area contributed by atoms with Crippen LogP contribution >= 0.6 is 0 Å². The van der Waals surface area contributed by atoms with Crippen molar-refractivity contribution in [3.8, 4) is 69.0 Å². The van der Waals surface area contributed by atoms with Gasteiger partial charge in [0.2, 0.25) is 18.1 Å². The van der Waals surface area contributed by atoms with E-state index in [2.05, 4.69) is 0 Å². The lowest BCUT2D eigenvalue weighted by atomic mass is 9.76. The van der Waals surface area contributed by atoms with Crippen molar-refractivity contribution >= 4 is 41.8 Å². The summed E-state index contributed by atoms with van der Waals surface area (Å²) in [5.74, 6) is -29.5. The molecule has 4 aromatic rings. The fourth-order valence-corrected chi connectivity index (χ4v) is 7.37. The lowest BCUT2D eigenvalue weighted by Gasteiger charge is -2.44. The van der Waals surface area contributed by atoms with Crippen molar-refractivity contribution in [2.75, 3.05) is 6.61 Å². The van der Waals surface area contributed by atoms with Crippen LogP contribution in [0.1, 0.15) is 59.3 Å². The molecule has 3 aliphatic rings. The lowest BCUT2D eigenvalue weighted by Crippen LogP contribution is -2.63. The molecule has 3 heterocycles. The van der Waals surface area contributed by atoms with E-state index in [0.29, 0.717) is 42.5 Å². The van der Waals surface area contributed by atoms with E-state index >= 15 is 0 Å². The van der Waals surface area contributed by atoms with Crippen LogP contribution in [0.25, 0.3) is 0 Å². The summed E-state index contributed by atoms with van der Waals surface area (Å²) in [5.41, 5.74) is -4.14. The Bertz CT molecular complexity index is 2750. The van der Waals surface area contributed by atoms with Crippen LogP contribution in [-0.4, -0.2) is 152 Å². The number of fused-ring (bicyclic) bond motifs is 2. The Balaban J connectivity index is 1.42. The number of ether oxygens (including phenoxy) is 7. The van der Waals surface area contributed by atoms with Crippen LogP contribution < -0.4 is 4.74 Å². The topological polar surface area (TPSA) is 447 Å². The largest absolute Gasteiger partial charge is 0.504 e. The molecule has 5 unspecified atom stereocenters. The van der Waals surface area contributed by atoms with Gasteiger partial charge in [0.05, 0.1) is 34.6 Å². The third-order valence-corrected chi connectivity index (χ3v) is 10.6. The molecule has 68 heavy (non-hydrogen) atoms. The number of carboxylic acid groups (broad SMARTS) is 1. The van der Waals surface area contributed by atoms with Crippen molar-refractivity contribution in [3.63, 3.8) is 0 Å². The molecule has 0 aliphatic carbocycles. The molecule has 0 aromatic heterocycles. The minimum Gasteiger partial charge on any atom is -0.504 e. The number of benzene rings is 4. The summed E-state index contributed by atoms with van der Waals surface area (Å²) in [7, 11) is 0. The Morgan fingerprint density at radius 1 is 0.574 bits per heavy atom. The van der Waals surface area contributed by atoms with Crippen LogP contribution in [0.4, 0.5) is 0 Å². The van der Waals surface area contributed by atoms with E-state index in [0.717, 1.165) is 0 Å². The minimum absolute atomic E-state index is 0.449. The van der Waals surface area contributed by atoms with Gasteiger partial charge in [-0.15, -0.1) is 0 Å². The van der Waals surface area contributed by atoms with E-state index in [1.165, 1.54) is 0 Å². The number of carbonyl (C=O) groups is 7. The van der Waals surface area contributed by atoms with Crippen LogP contribution in [0.2, 0.25) is 0 Å². The number of aromatic hydroxyl groups is 11. The van der Waals surface area contributed by atoms with Gasteiger partial charge in [0.25, 0.3) is 0 Å². The Kier molecular flexibility index (Phi) is 12.2. The molecule has 0 amide bonds. The maximum Gasteiger partial charge on any atom is 0.340 e. The molecule has 0 radical (unpaired) electrons. The Morgan fingerprint density at radius 3 is 1.54 bits per heavy atom. The lowest BCUT2D eigenvalue weighted by molar-refractivity contribution is -0.288. The molecular formula is C41H32O27. The summed E-state index contributed by atoms with van der Waals surface area (Å²) in [6.45, 7) is -1.27. The van der Waals surface area contributed by atoms with Crippen molar-refractivity contribution in [1.82, 2.24) is 0 Å². The molecule has 13 N–H and O–H groups in total.